The van der Waals surface area contributed by atoms with Crippen molar-refractivity contribution < 1.29 is 14.6 Å². The van der Waals surface area contributed by atoms with Crippen LogP contribution in [-0.2, 0) is 0 Å². The quantitative estimate of drug-likeness (QED) is 0.131. The van der Waals surface area contributed by atoms with Crippen LogP contribution in [-0.4, -0.2) is 57.5 Å². The van der Waals surface area contributed by atoms with Gasteiger partial charge in [-0.05, 0) is 101 Å². The van der Waals surface area contributed by atoms with Crippen LogP contribution in [0.3, 0.4) is 0 Å². The number of fused-ring (bicyclic) bond motifs is 1. The van der Waals surface area contributed by atoms with Crippen LogP contribution in [0.5, 0.6) is 11.5 Å². The lowest BCUT2D eigenvalue weighted by molar-refractivity contribution is 0.0911. The number of carbonyl (C=O) groups is 1. The van der Waals surface area contributed by atoms with Crippen molar-refractivity contribution in [1.29, 1.82) is 0 Å². The van der Waals surface area contributed by atoms with Gasteiger partial charge in [0.15, 0.2) is 0 Å². The summed E-state index contributed by atoms with van der Waals surface area (Å²) >= 11 is 10.9. The number of ether oxygens (including phenoxy) is 1. The molecule has 1 aliphatic heterocycles. The highest BCUT2D eigenvalue weighted by Crippen LogP contribution is 2.34. The Kier molecular flexibility index (Phi) is 10.7. The first-order chi connectivity index (χ1) is 21.2. The number of anilines is 3. The second-order valence-electron chi connectivity index (χ2n) is 12.1. The molecule has 2 aromatic carbocycles. The van der Waals surface area contributed by atoms with Crippen molar-refractivity contribution in [2.45, 2.75) is 70.1 Å². The van der Waals surface area contributed by atoms with E-state index in [0.29, 0.717) is 39.7 Å². The Morgan fingerprint density at radius 3 is 2.75 bits per heavy atom. The van der Waals surface area contributed by atoms with E-state index in [1.807, 2.05) is 19.9 Å². The standard InChI is InChI=1S/C33H41ClN6O3S/c1-33(2,13-15-44)40-32(42)22-4-3-5-26(17-22)43-29-11-8-24(18-28(29)34)39-31-27-16-21(12-14-35-30(27)37-20-38-31)19-36-23-6-9-25(41)10-7-23/h3-5,8,11,16-18,20,23,25,36,41,44H,6-7,9-10,12-15,19H2,1-2H3,(H,40,42)(H2,35,37,38,39). The second-order valence-corrected chi connectivity index (χ2v) is 12.9. The monoisotopic (exact) mass is 636 g/mol. The summed E-state index contributed by atoms with van der Waals surface area (Å²) in [7, 11) is 0. The van der Waals surface area contributed by atoms with Gasteiger partial charge in [-0.25, -0.2) is 9.97 Å². The van der Waals surface area contributed by atoms with Gasteiger partial charge >= 0.3 is 0 Å². The van der Waals surface area contributed by atoms with Crippen LogP contribution in [0.1, 0.15) is 68.3 Å². The summed E-state index contributed by atoms with van der Waals surface area (Å²) < 4.78 is 6.07. The molecule has 11 heteroatoms. The Bertz CT molecular complexity index is 1490. The molecule has 0 bridgehead atoms. The number of halogens is 1. The number of carbonyl (C=O) groups excluding carboxylic acids is 1. The van der Waals surface area contributed by atoms with Crippen molar-refractivity contribution in [2.75, 3.05) is 29.5 Å². The number of benzene rings is 2. The zero-order valence-corrected chi connectivity index (χ0v) is 26.8. The van der Waals surface area contributed by atoms with Crippen LogP contribution in [0.2, 0.25) is 5.02 Å². The number of hydrogen-bond donors (Lipinski definition) is 6. The molecular weight excluding hydrogens is 596 g/mol. The van der Waals surface area contributed by atoms with E-state index in [9.17, 15) is 9.90 Å². The normalized spacial score (nSPS) is 18.3. The number of amides is 1. The molecule has 0 saturated heterocycles. The minimum Gasteiger partial charge on any atom is -0.456 e. The molecule has 0 atom stereocenters. The first-order valence-electron chi connectivity index (χ1n) is 15.2. The minimum absolute atomic E-state index is 0.161. The lowest BCUT2D eigenvalue weighted by Gasteiger charge is -2.26. The van der Waals surface area contributed by atoms with E-state index in [2.05, 4.69) is 49.9 Å². The van der Waals surface area contributed by atoms with E-state index >= 15 is 0 Å². The number of nitrogens with one attached hydrogen (secondary N) is 4. The van der Waals surface area contributed by atoms with Crippen molar-refractivity contribution in [3.05, 3.63) is 70.5 Å². The average Bonchev–Trinajstić information content (AvgIpc) is 3.21. The molecule has 1 aromatic heterocycles. The fourth-order valence-corrected chi connectivity index (χ4v) is 6.21. The lowest BCUT2D eigenvalue weighted by Crippen LogP contribution is -2.43. The molecule has 0 spiro atoms. The molecule has 1 aliphatic carbocycles. The molecule has 1 fully saturated rings. The smallest absolute Gasteiger partial charge is 0.251 e. The van der Waals surface area contributed by atoms with Gasteiger partial charge in [-0.1, -0.05) is 23.2 Å². The maximum atomic E-state index is 12.8. The van der Waals surface area contributed by atoms with Crippen LogP contribution >= 0.6 is 24.2 Å². The van der Waals surface area contributed by atoms with Gasteiger partial charge in [-0.3, -0.25) is 4.79 Å². The van der Waals surface area contributed by atoms with Crippen molar-refractivity contribution in [2.24, 2.45) is 0 Å². The fraction of sp³-hybridized carbons (Fsp3) is 0.424. The zero-order chi connectivity index (χ0) is 31.1. The molecule has 234 valence electrons. The highest BCUT2D eigenvalue weighted by atomic mass is 35.5. The van der Waals surface area contributed by atoms with Gasteiger partial charge in [0.1, 0.15) is 29.5 Å². The maximum Gasteiger partial charge on any atom is 0.251 e. The molecule has 3 aromatic rings. The summed E-state index contributed by atoms with van der Waals surface area (Å²) in [6.45, 7) is 5.52. The zero-order valence-electron chi connectivity index (χ0n) is 25.2. The van der Waals surface area contributed by atoms with Crippen LogP contribution in [0.15, 0.2) is 54.4 Å². The Hall–Kier alpha value is -3.31. The van der Waals surface area contributed by atoms with E-state index in [4.69, 9.17) is 16.3 Å². The number of aliphatic hydroxyl groups is 1. The summed E-state index contributed by atoms with van der Waals surface area (Å²) in [6.07, 6.45) is 8.89. The van der Waals surface area contributed by atoms with Crippen LogP contribution in [0.25, 0.3) is 6.08 Å². The van der Waals surface area contributed by atoms with Crippen molar-refractivity contribution >= 4 is 53.5 Å². The molecule has 2 aliphatic rings. The first kappa shape index (κ1) is 32.1. The Morgan fingerprint density at radius 2 is 1.98 bits per heavy atom. The first-order valence-corrected chi connectivity index (χ1v) is 16.2. The predicted molar refractivity (Wildman–Crippen MR) is 181 cm³/mol. The van der Waals surface area contributed by atoms with Crippen molar-refractivity contribution in [3.63, 3.8) is 0 Å². The summed E-state index contributed by atoms with van der Waals surface area (Å²) in [6, 6.07) is 12.9. The molecule has 5 rings (SSSR count). The third-order valence-corrected chi connectivity index (χ3v) is 8.51. The summed E-state index contributed by atoms with van der Waals surface area (Å²) in [5.41, 5.74) is 3.05. The van der Waals surface area contributed by atoms with Gasteiger partial charge in [0.05, 0.1) is 16.7 Å². The molecular formula is C33H41ClN6O3S. The van der Waals surface area contributed by atoms with Gasteiger partial charge in [-0.15, -0.1) is 0 Å². The van der Waals surface area contributed by atoms with E-state index in [0.717, 1.165) is 68.7 Å². The Labute approximate surface area is 269 Å². The predicted octanol–water partition coefficient (Wildman–Crippen LogP) is 6.59. The van der Waals surface area contributed by atoms with Gasteiger partial charge in [-0.2, -0.15) is 12.6 Å². The van der Waals surface area contributed by atoms with E-state index in [1.54, 1.807) is 42.7 Å². The summed E-state index contributed by atoms with van der Waals surface area (Å²) in [5, 5.41) is 23.8. The molecule has 1 amide bonds. The topological polar surface area (TPSA) is 120 Å². The average molecular weight is 637 g/mol. The van der Waals surface area contributed by atoms with E-state index < -0.39 is 0 Å². The maximum absolute atomic E-state index is 12.8. The Morgan fingerprint density at radius 1 is 1.16 bits per heavy atom. The fourth-order valence-electron chi connectivity index (χ4n) is 5.43. The highest BCUT2D eigenvalue weighted by molar-refractivity contribution is 7.80. The van der Waals surface area contributed by atoms with Gasteiger partial charge in [0.25, 0.3) is 5.91 Å². The third kappa shape index (κ3) is 8.65. The summed E-state index contributed by atoms with van der Waals surface area (Å²) in [4.78, 5) is 21.8. The lowest BCUT2D eigenvalue weighted by atomic mass is 9.93. The number of rotatable bonds is 11. The number of aliphatic hydroxyl groups excluding tert-OH is 1. The molecule has 2 heterocycles. The second kappa shape index (κ2) is 14.6. The number of nitrogens with zero attached hydrogens (tertiary/aromatic N) is 2. The van der Waals surface area contributed by atoms with Crippen molar-refractivity contribution in [3.8, 4) is 11.5 Å². The van der Waals surface area contributed by atoms with Gasteiger partial charge in [0, 0.05) is 35.9 Å². The number of hydrogen-bond acceptors (Lipinski definition) is 9. The van der Waals surface area contributed by atoms with E-state index in [-0.39, 0.29) is 17.6 Å². The molecule has 44 heavy (non-hydrogen) atoms. The molecule has 1 saturated carbocycles. The van der Waals surface area contributed by atoms with Crippen LogP contribution < -0.4 is 26.0 Å². The molecule has 0 radical (unpaired) electrons. The number of thiol groups is 1. The third-order valence-electron chi connectivity index (χ3n) is 7.99. The summed E-state index contributed by atoms with van der Waals surface area (Å²) in [5.74, 6) is 2.94. The molecule has 5 N–H and O–H groups in total. The van der Waals surface area contributed by atoms with Crippen LogP contribution in [0, 0.1) is 0 Å². The minimum atomic E-state index is -0.367. The van der Waals surface area contributed by atoms with Gasteiger partial charge < -0.3 is 31.1 Å². The van der Waals surface area contributed by atoms with E-state index in [1.165, 1.54) is 5.57 Å². The Balaban J connectivity index is 1.26. The molecule has 0 unspecified atom stereocenters. The van der Waals surface area contributed by atoms with Gasteiger partial charge in [0.2, 0.25) is 0 Å². The van der Waals surface area contributed by atoms with Crippen molar-refractivity contribution in [1.82, 2.24) is 20.6 Å². The highest BCUT2D eigenvalue weighted by Gasteiger charge is 2.22. The molecule has 9 nitrogen and oxygen atoms in total. The SMILES string of the molecule is CC(C)(CCS)NC(=O)c1cccc(Oc2ccc(Nc3ncnc4c3C=C(CNC3CCC(O)CC3)CCN4)cc2Cl)c1. The largest absolute Gasteiger partial charge is 0.456 e. The van der Waals surface area contributed by atoms with Crippen LogP contribution in [0.4, 0.5) is 17.3 Å². The number of aromatic nitrogens is 2.